The molecule has 12 rings (SSSR count). The first kappa shape index (κ1) is 43.5. The summed E-state index contributed by atoms with van der Waals surface area (Å²) in [6, 6.07) is 102. The minimum absolute atomic E-state index is 1.06. The second-order valence-electron chi connectivity index (χ2n) is 18.9. The lowest BCUT2D eigenvalue weighted by Crippen LogP contribution is -2.49. The van der Waals surface area contributed by atoms with E-state index in [1.165, 1.54) is 54.9 Å². The second kappa shape index (κ2) is 18.6. The SMILES string of the molecule is C[Si]1(C)c2ccccc2-c2ccc(N(c3ccc(-c4ccccc4)cc3)c3cc(N(c4ccc(-c5ccccc5)cc4)c4ccc(-c5ccccc5)cc4)c(-c4ccccc4)cc3-c3ccccc3)cc21. The molecular weight excluding hydrogens is 873 g/mol. The Labute approximate surface area is 419 Å². The molecule has 0 aromatic heterocycles. The Hall–Kier alpha value is -8.76. The third-order valence-electron chi connectivity index (χ3n) is 14.3. The maximum absolute atomic E-state index is 2.51. The van der Waals surface area contributed by atoms with Crippen molar-refractivity contribution in [3.8, 4) is 66.8 Å². The molecule has 0 unspecified atom stereocenters. The van der Waals surface area contributed by atoms with Gasteiger partial charge < -0.3 is 9.80 Å². The Morgan fingerprint density at radius 2 is 0.535 bits per heavy atom. The fraction of sp³-hybridized carbons (Fsp3) is 0.0294. The Balaban J connectivity index is 1.13. The van der Waals surface area contributed by atoms with Crippen LogP contribution in [0.25, 0.3) is 66.8 Å². The molecule has 1 heterocycles. The summed E-state index contributed by atoms with van der Waals surface area (Å²) in [7, 11) is -2.05. The molecule has 1 aliphatic heterocycles. The number of hydrogen-bond donors (Lipinski definition) is 0. The van der Waals surface area contributed by atoms with Crippen molar-refractivity contribution >= 4 is 52.6 Å². The molecule has 0 fully saturated rings. The lowest BCUT2D eigenvalue weighted by molar-refractivity contribution is 1.25. The van der Waals surface area contributed by atoms with E-state index in [1.54, 1.807) is 0 Å². The number of fused-ring (bicyclic) bond motifs is 3. The Morgan fingerprint density at radius 3 is 0.944 bits per heavy atom. The van der Waals surface area contributed by atoms with Gasteiger partial charge in [0, 0.05) is 33.9 Å². The topological polar surface area (TPSA) is 6.48 Å². The summed E-state index contributed by atoms with van der Waals surface area (Å²) in [5.41, 5.74) is 20.9. The van der Waals surface area contributed by atoms with Crippen LogP contribution >= 0.6 is 0 Å². The zero-order valence-corrected chi connectivity index (χ0v) is 41.0. The lowest BCUT2D eigenvalue weighted by Gasteiger charge is -2.33. The van der Waals surface area contributed by atoms with Crippen LogP contribution in [-0.2, 0) is 0 Å². The van der Waals surface area contributed by atoms with Gasteiger partial charge in [-0.15, -0.1) is 0 Å². The molecule has 338 valence electrons. The maximum Gasteiger partial charge on any atom is 0.113 e. The van der Waals surface area contributed by atoms with Crippen molar-refractivity contribution in [2.45, 2.75) is 13.1 Å². The average Bonchev–Trinajstić information content (AvgIpc) is 3.67. The summed E-state index contributed by atoms with van der Waals surface area (Å²) < 4.78 is 0. The van der Waals surface area contributed by atoms with Gasteiger partial charge in [0.25, 0.3) is 0 Å². The van der Waals surface area contributed by atoms with Crippen molar-refractivity contribution in [1.29, 1.82) is 0 Å². The smallest absolute Gasteiger partial charge is 0.113 e. The fourth-order valence-electron chi connectivity index (χ4n) is 10.6. The van der Waals surface area contributed by atoms with Gasteiger partial charge in [-0.3, -0.25) is 0 Å². The summed E-state index contributed by atoms with van der Waals surface area (Å²) in [6.45, 7) is 5.01. The van der Waals surface area contributed by atoms with E-state index < -0.39 is 8.07 Å². The molecule has 0 spiro atoms. The molecule has 1 aliphatic rings. The van der Waals surface area contributed by atoms with Crippen LogP contribution in [0.15, 0.2) is 279 Å². The first-order valence-electron chi connectivity index (χ1n) is 24.6. The molecule has 71 heavy (non-hydrogen) atoms. The monoisotopic (exact) mass is 924 g/mol. The van der Waals surface area contributed by atoms with Crippen LogP contribution in [0.1, 0.15) is 0 Å². The standard InChI is InChI=1S/C68H52N2Si/c1-71(2)67-31-19-18-30-61(67)62-45-44-60(46-68(62)71)70(59-42-36-54(37-43-59)51-24-12-5-13-25-51)66-48-65(63(55-26-14-6-15-27-55)47-64(66)56-28-16-7-17-29-56)69(57-38-32-52(33-39-57)49-20-8-3-9-21-49)58-40-34-53(35-41-58)50-22-10-4-11-23-50/h3-48H,1-2H3. The van der Waals surface area contributed by atoms with Gasteiger partial charge in [0.15, 0.2) is 0 Å². The normalized spacial score (nSPS) is 12.2. The molecule has 0 saturated carbocycles. The zero-order valence-electron chi connectivity index (χ0n) is 40.0. The highest BCUT2D eigenvalue weighted by Crippen LogP contribution is 2.50. The van der Waals surface area contributed by atoms with E-state index in [9.17, 15) is 0 Å². The minimum Gasteiger partial charge on any atom is -0.310 e. The first-order chi connectivity index (χ1) is 35.0. The van der Waals surface area contributed by atoms with Gasteiger partial charge in [0.2, 0.25) is 0 Å². The molecule has 0 aliphatic carbocycles. The molecule has 0 saturated heterocycles. The Morgan fingerprint density at radius 1 is 0.225 bits per heavy atom. The van der Waals surface area contributed by atoms with Crippen LogP contribution in [-0.4, -0.2) is 8.07 Å². The largest absolute Gasteiger partial charge is 0.310 e. The third-order valence-corrected chi connectivity index (χ3v) is 17.8. The van der Waals surface area contributed by atoms with Gasteiger partial charge in [-0.25, -0.2) is 0 Å². The predicted molar refractivity (Wildman–Crippen MR) is 305 cm³/mol. The molecule has 0 N–H and O–H groups in total. The van der Waals surface area contributed by atoms with Crippen LogP contribution in [0, 0.1) is 0 Å². The number of nitrogens with zero attached hydrogens (tertiary/aromatic N) is 2. The molecule has 11 aromatic carbocycles. The molecular formula is C68H52N2Si. The van der Waals surface area contributed by atoms with Gasteiger partial charge in [-0.1, -0.05) is 231 Å². The van der Waals surface area contributed by atoms with Crippen molar-refractivity contribution in [2.75, 3.05) is 9.80 Å². The van der Waals surface area contributed by atoms with Gasteiger partial charge in [-0.2, -0.15) is 0 Å². The van der Waals surface area contributed by atoms with E-state index in [2.05, 4.69) is 302 Å². The molecule has 0 radical (unpaired) electrons. The molecule has 11 aromatic rings. The van der Waals surface area contributed by atoms with Crippen LogP contribution in [0.2, 0.25) is 13.1 Å². The summed E-state index contributed by atoms with van der Waals surface area (Å²) in [4.78, 5) is 4.97. The number of benzene rings is 11. The van der Waals surface area contributed by atoms with E-state index in [-0.39, 0.29) is 0 Å². The van der Waals surface area contributed by atoms with Crippen LogP contribution in [0.5, 0.6) is 0 Å². The van der Waals surface area contributed by atoms with E-state index >= 15 is 0 Å². The second-order valence-corrected chi connectivity index (χ2v) is 23.3. The van der Waals surface area contributed by atoms with E-state index in [4.69, 9.17) is 0 Å². The van der Waals surface area contributed by atoms with Crippen LogP contribution in [0.4, 0.5) is 34.1 Å². The fourth-order valence-corrected chi connectivity index (χ4v) is 13.7. The first-order valence-corrected chi connectivity index (χ1v) is 27.6. The maximum atomic E-state index is 2.51. The van der Waals surface area contributed by atoms with Crippen LogP contribution in [0.3, 0.4) is 0 Å². The molecule has 2 nitrogen and oxygen atoms in total. The van der Waals surface area contributed by atoms with E-state index in [0.717, 1.165) is 56.4 Å². The predicted octanol–water partition coefficient (Wildman–Crippen LogP) is 17.8. The van der Waals surface area contributed by atoms with Gasteiger partial charge >= 0.3 is 0 Å². The Bertz CT molecular complexity index is 3530. The Kier molecular flexibility index (Phi) is 11.4. The van der Waals surface area contributed by atoms with Crippen molar-refractivity contribution in [2.24, 2.45) is 0 Å². The summed E-state index contributed by atoms with van der Waals surface area (Å²) in [5.74, 6) is 0. The quantitative estimate of drug-likeness (QED) is 0.119. The number of anilines is 6. The van der Waals surface area contributed by atoms with Crippen molar-refractivity contribution < 1.29 is 0 Å². The van der Waals surface area contributed by atoms with Crippen LogP contribution < -0.4 is 20.2 Å². The lowest BCUT2D eigenvalue weighted by atomic mass is 9.93. The average molecular weight is 925 g/mol. The van der Waals surface area contributed by atoms with E-state index in [0.29, 0.717) is 0 Å². The third kappa shape index (κ3) is 8.27. The highest BCUT2D eigenvalue weighted by atomic mass is 28.3. The van der Waals surface area contributed by atoms with E-state index in [1.807, 2.05) is 0 Å². The molecule has 3 heteroatoms. The molecule has 0 bridgehead atoms. The summed E-state index contributed by atoms with van der Waals surface area (Å²) in [5, 5.41) is 2.96. The summed E-state index contributed by atoms with van der Waals surface area (Å²) in [6.07, 6.45) is 0. The van der Waals surface area contributed by atoms with Crippen molar-refractivity contribution in [3.05, 3.63) is 279 Å². The van der Waals surface area contributed by atoms with Gasteiger partial charge in [-0.05, 0) is 127 Å². The number of hydrogen-bond acceptors (Lipinski definition) is 2. The van der Waals surface area contributed by atoms with Gasteiger partial charge in [0.05, 0.1) is 11.4 Å². The van der Waals surface area contributed by atoms with Crippen molar-refractivity contribution in [1.82, 2.24) is 0 Å². The molecule has 0 amide bonds. The van der Waals surface area contributed by atoms with Crippen molar-refractivity contribution in [3.63, 3.8) is 0 Å². The number of rotatable bonds is 11. The highest BCUT2D eigenvalue weighted by Gasteiger charge is 2.38. The molecule has 0 atom stereocenters. The highest BCUT2D eigenvalue weighted by molar-refractivity contribution is 7.03. The summed E-state index contributed by atoms with van der Waals surface area (Å²) >= 11 is 0. The minimum atomic E-state index is -2.05. The zero-order chi connectivity index (χ0) is 47.7. The van der Waals surface area contributed by atoms with Gasteiger partial charge in [0.1, 0.15) is 8.07 Å².